The third kappa shape index (κ3) is 4.55. The monoisotopic (exact) mass is 331 g/mol. The molecule has 1 atom stereocenters. The molecule has 1 N–H and O–H groups in total. The van der Waals surface area contributed by atoms with Gasteiger partial charge in [-0.3, -0.25) is 9.59 Å². The van der Waals surface area contributed by atoms with E-state index in [-0.39, 0.29) is 12.3 Å². The standard InChI is InChI=1S/C18H18FNO4/c1-23-15-5-3-4-13(10-15)18(22)20-16(11-17(21)24-2)12-6-8-14(19)9-7-12/h3-10,16H,11H2,1-2H3,(H,20,22)/t16-/m0/s1. The highest BCUT2D eigenvalue weighted by atomic mass is 19.1. The van der Waals surface area contributed by atoms with Gasteiger partial charge in [-0.1, -0.05) is 18.2 Å². The average Bonchev–Trinajstić information content (AvgIpc) is 2.61. The maximum atomic E-state index is 13.1. The molecule has 0 aliphatic rings. The van der Waals surface area contributed by atoms with Gasteiger partial charge in [-0.25, -0.2) is 4.39 Å². The quantitative estimate of drug-likeness (QED) is 0.827. The van der Waals surface area contributed by atoms with Crippen molar-refractivity contribution in [2.24, 2.45) is 0 Å². The molecule has 0 aliphatic heterocycles. The van der Waals surface area contributed by atoms with Crippen LogP contribution in [0.25, 0.3) is 0 Å². The summed E-state index contributed by atoms with van der Waals surface area (Å²) >= 11 is 0. The Bertz CT molecular complexity index is 715. The van der Waals surface area contributed by atoms with Crippen LogP contribution in [0, 0.1) is 5.82 Å². The summed E-state index contributed by atoms with van der Waals surface area (Å²) in [5, 5.41) is 2.77. The van der Waals surface area contributed by atoms with Crippen LogP contribution in [0.1, 0.15) is 28.4 Å². The molecule has 1 amide bonds. The molecule has 0 aromatic heterocycles. The van der Waals surface area contributed by atoms with Crippen molar-refractivity contribution in [1.29, 1.82) is 0 Å². The van der Waals surface area contributed by atoms with Gasteiger partial charge in [-0.2, -0.15) is 0 Å². The molecule has 0 saturated carbocycles. The van der Waals surface area contributed by atoms with Crippen LogP contribution in [-0.4, -0.2) is 26.1 Å². The van der Waals surface area contributed by atoms with Gasteiger partial charge >= 0.3 is 5.97 Å². The number of halogens is 1. The smallest absolute Gasteiger partial charge is 0.307 e. The van der Waals surface area contributed by atoms with E-state index >= 15 is 0 Å². The fourth-order valence-corrected chi connectivity index (χ4v) is 2.20. The second-order valence-corrected chi connectivity index (χ2v) is 5.09. The van der Waals surface area contributed by atoms with Gasteiger partial charge in [-0.05, 0) is 35.9 Å². The number of ether oxygens (including phenoxy) is 2. The fraction of sp³-hybridized carbons (Fsp3) is 0.222. The predicted octanol–water partition coefficient (Wildman–Crippen LogP) is 2.87. The molecule has 0 heterocycles. The Balaban J connectivity index is 2.21. The van der Waals surface area contributed by atoms with Gasteiger partial charge in [0.2, 0.25) is 0 Å². The second-order valence-electron chi connectivity index (χ2n) is 5.09. The lowest BCUT2D eigenvalue weighted by molar-refractivity contribution is -0.141. The molecule has 0 saturated heterocycles. The zero-order chi connectivity index (χ0) is 17.5. The molecule has 24 heavy (non-hydrogen) atoms. The average molecular weight is 331 g/mol. The molecule has 0 fully saturated rings. The number of hydrogen-bond acceptors (Lipinski definition) is 4. The molecule has 5 nitrogen and oxygen atoms in total. The minimum Gasteiger partial charge on any atom is -0.497 e. The summed E-state index contributed by atoms with van der Waals surface area (Å²) in [7, 11) is 2.78. The largest absolute Gasteiger partial charge is 0.497 e. The first-order valence-electron chi connectivity index (χ1n) is 7.30. The van der Waals surface area contributed by atoms with Crippen LogP contribution in [0.4, 0.5) is 4.39 Å². The van der Waals surface area contributed by atoms with Gasteiger partial charge in [0.05, 0.1) is 26.7 Å². The van der Waals surface area contributed by atoms with E-state index < -0.39 is 17.8 Å². The Labute approximate surface area is 139 Å². The van der Waals surface area contributed by atoms with E-state index in [4.69, 9.17) is 4.74 Å². The topological polar surface area (TPSA) is 64.6 Å². The van der Waals surface area contributed by atoms with Crippen LogP contribution in [-0.2, 0) is 9.53 Å². The first kappa shape index (κ1) is 17.5. The minimum atomic E-state index is -0.628. The van der Waals surface area contributed by atoms with Gasteiger partial charge in [0, 0.05) is 5.56 Å². The molecular weight excluding hydrogens is 313 g/mol. The first-order chi connectivity index (χ1) is 11.5. The molecule has 6 heteroatoms. The van der Waals surface area contributed by atoms with E-state index in [0.29, 0.717) is 16.9 Å². The van der Waals surface area contributed by atoms with Crippen molar-refractivity contribution in [3.05, 3.63) is 65.5 Å². The molecule has 0 spiro atoms. The van der Waals surface area contributed by atoms with Gasteiger partial charge in [-0.15, -0.1) is 0 Å². The number of esters is 1. The number of carbonyl (C=O) groups is 2. The van der Waals surface area contributed by atoms with Crippen LogP contribution in [0.2, 0.25) is 0 Å². The maximum absolute atomic E-state index is 13.1. The van der Waals surface area contributed by atoms with Gasteiger partial charge in [0.25, 0.3) is 5.91 Å². The Morgan fingerprint density at radius 3 is 2.46 bits per heavy atom. The summed E-state index contributed by atoms with van der Waals surface area (Å²) in [6.45, 7) is 0. The van der Waals surface area contributed by atoms with E-state index in [1.165, 1.54) is 38.5 Å². The molecular formula is C18H18FNO4. The predicted molar refractivity (Wildman–Crippen MR) is 86.2 cm³/mol. The first-order valence-corrected chi connectivity index (χ1v) is 7.30. The highest BCUT2D eigenvalue weighted by molar-refractivity contribution is 5.95. The molecule has 0 radical (unpaired) electrons. The number of rotatable bonds is 6. The highest BCUT2D eigenvalue weighted by Crippen LogP contribution is 2.20. The number of nitrogens with one attached hydrogen (secondary N) is 1. The SMILES string of the molecule is COC(=O)C[C@H](NC(=O)c1cccc(OC)c1)c1ccc(F)cc1. The molecule has 126 valence electrons. The zero-order valence-corrected chi connectivity index (χ0v) is 13.4. The molecule has 2 aromatic rings. The Morgan fingerprint density at radius 1 is 1.12 bits per heavy atom. The number of methoxy groups -OCH3 is 2. The van der Waals surface area contributed by atoms with Crippen LogP contribution < -0.4 is 10.1 Å². The summed E-state index contributed by atoms with van der Waals surface area (Å²) < 4.78 is 22.9. The van der Waals surface area contributed by atoms with Crippen molar-refractivity contribution in [3.63, 3.8) is 0 Å². The van der Waals surface area contributed by atoms with Gasteiger partial charge in [0.1, 0.15) is 11.6 Å². The molecule has 0 unspecified atom stereocenters. The van der Waals surface area contributed by atoms with Crippen LogP contribution in [0.3, 0.4) is 0 Å². The van der Waals surface area contributed by atoms with Crippen LogP contribution in [0.15, 0.2) is 48.5 Å². The summed E-state index contributed by atoms with van der Waals surface area (Å²) in [6, 6.07) is 11.6. The lowest BCUT2D eigenvalue weighted by atomic mass is 10.0. The number of benzene rings is 2. The van der Waals surface area contributed by atoms with E-state index in [2.05, 4.69) is 10.1 Å². The molecule has 0 bridgehead atoms. The zero-order valence-electron chi connectivity index (χ0n) is 13.4. The summed E-state index contributed by atoms with van der Waals surface area (Å²) in [4.78, 5) is 24.1. The Kier molecular flexibility index (Phi) is 5.89. The summed E-state index contributed by atoms with van der Waals surface area (Å²) in [5.41, 5.74) is 1.00. The van der Waals surface area contributed by atoms with E-state index in [0.717, 1.165) is 0 Å². The van der Waals surface area contributed by atoms with Gasteiger partial charge < -0.3 is 14.8 Å². The lowest BCUT2D eigenvalue weighted by Gasteiger charge is -2.18. The third-order valence-electron chi connectivity index (χ3n) is 3.51. The molecule has 2 aromatic carbocycles. The van der Waals surface area contributed by atoms with Crippen LogP contribution >= 0.6 is 0 Å². The Morgan fingerprint density at radius 2 is 1.83 bits per heavy atom. The minimum absolute atomic E-state index is 0.0577. The lowest BCUT2D eigenvalue weighted by Crippen LogP contribution is -2.30. The number of carbonyl (C=O) groups excluding carboxylic acids is 2. The van der Waals surface area contributed by atoms with Crippen LogP contribution in [0.5, 0.6) is 5.75 Å². The normalized spacial score (nSPS) is 11.5. The van der Waals surface area contributed by atoms with E-state index in [9.17, 15) is 14.0 Å². The highest BCUT2D eigenvalue weighted by Gasteiger charge is 2.20. The summed E-state index contributed by atoms with van der Waals surface area (Å²) in [5.74, 6) is -0.689. The number of hydrogen-bond donors (Lipinski definition) is 1. The van der Waals surface area contributed by atoms with Crippen molar-refractivity contribution in [2.45, 2.75) is 12.5 Å². The third-order valence-corrected chi connectivity index (χ3v) is 3.51. The van der Waals surface area contributed by atoms with Gasteiger partial charge in [0.15, 0.2) is 0 Å². The summed E-state index contributed by atoms with van der Waals surface area (Å²) in [6.07, 6.45) is -0.0577. The molecule has 2 rings (SSSR count). The van der Waals surface area contributed by atoms with Crippen molar-refractivity contribution in [3.8, 4) is 5.75 Å². The van der Waals surface area contributed by atoms with E-state index in [1.807, 2.05) is 0 Å². The Hall–Kier alpha value is -2.89. The van der Waals surface area contributed by atoms with Crippen molar-refractivity contribution >= 4 is 11.9 Å². The molecule has 0 aliphatic carbocycles. The fourth-order valence-electron chi connectivity index (χ4n) is 2.20. The maximum Gasteiger partial charge on any atom is 0.307 e. The van der Waals surface area contributed by atoms with Crippen molar-refractivity contribution in [1.82, 2.24) is 5.32 Å². The van der Waals surface area contributed by atoms with Crippen molar-refractivity contribution in [2.75, 3.05) is 14.2 Å². The van der Waals surface area contributed by atoms with E-state index in [1.54, 1.807) is 24.3 Å². The second kappa shape index (κ2) is 8.10. The number of amides is 1. The van der Waals surface area contributed by atoms with Crippen molar-refractivity contribution < 1.29 is 23.5 Å².